The van der Waals surface area contributed by atoms with Crippen LogP contribution >= 0.6 is 22.6 Å². The number of nitrogens with zero attached hydrogens (tertiary/aromatic N) is 1. The van der Waals surface area contributed by atoms with Crippen LogP contribution in [0.3, 0.4) is 0 Å². The zero-order valence-electron chi connectivity index (χ0n) is 6.43. The van der Waals surface area contributed by atoms with Gasteiger partial charge in [0.05, 0.1) is 0 Å². The maximum atomic E-state index is 11.1. The molecule has 1 heterocycles. The highest BCUT2D eigenvalue weighted by Gasteiger charge is 2.06. The monoisotopic (exact) mass is 281 g/mol. The summed E-state index contributed by atoms with van der Waals surface area (Å²) in [6, 6.07) is 0. The van der Waals surface area contributed by atoms with Gasteiger partial charge in [-0.1, -0.05) is 0 Å². The number of nitrogens with one attached hydrogen (secondary N) is 1. The molecule has 0 fully saturated rings. The Bertz CT molecular complexity index is 406. The lowest BCUT2D eigenvalue weighted by Crippen LogP contribution is -2.33. The van der Waals surface area contributed by atoms with Crippen LogP contribution < -0.4 is 17.0 Å². The lowest BCUT2D eigenvalue weighted by Gasteiger charge is -2.05. The van der Waals surface area contributed by atoms with Crippen LogP contribution in [0.4, 0.5) is 5.82 Å². The third kappa shape index (κ3) is 1.38. The number of hydrogen-bond donors (Lipinski definition) is 2. The van der Waals surface area contributed by atoms with Crippen LogP contribution in [-0.2, 0) is 6.54 Å². The van der Waals surface area contributed by atoms with E-state index in [1.807, 2.05) is 0 Å². The van der Waals surface area contributed by atoms with Crippen LogP contribution in [0.25, 0.3) is 0 Å². The predicted molar refractivity (Wildman–Crippen MR) is 54.1 cm³/mol. The SMILES string of the molecule is CCn1c(N)c(I)c(=O)[nH]c1=O. The summed E-state index contributed by atoms with van der Waals surface area (Å²) in [4.78, 5) is 24.2. The fourth-order valence-electron chi connectivity index (χ4n) is 0.878. The lowest BCUT2D eigenvalue weighted by atomic mass is 10.5. The number of hydrogen-bond acceptors (Lipinski definition) is 3. The van der Waals surface area contributed by atoms with Crippen molar-refractivity contribution in [1.82, 2.24) is 9.55 Å². The molecule has 12 heavy (non-hydrogen) atoms. The average molecular weight is 281 g/mol. The third-order valence-corrected chi connectivity index (χ3v) is 2.54. The molecule has 0 aliphatic rings. The van der Waals surface area contributed by atoms with Gasteiger partial charge in [0.15, 0.2) is 0 Å². The third-order valence-electron chi connectivity index (χ3n) is 1.50. The first-order chi connectivity index (χ1) is 5.57. The van der Waals surface area contributed by atoms with Crippen molar-refractivity contribution in [2.24, 2.45) is 0 Å². The fourth-order valence-corrected chi connectivity index (χ4v) is 1.30. The first-order valence-corrected chi connectivity index (χ1v) is 4.44. The molecule has 5 nitrogen and oxygen atoms in total. The van der Waals surface area contributed by atoms with Gasteiger partial charge in [-0.2, -0.15) is 0 Å². The molecular formula is C6H8IN3O2. The Labute approximate surface area is 81.7 Å². The van der Waals surface area contributed by atoms with E-state index in [-0.39, 0.29) is 5.82 Å². The van der Waals surface area contributed by atoms with Crippen molar-refractivity contribution >= 4 is 28.4 Å². The molecule has 0 aliphatic carbocycles. The van der Waals surface area contributed by atoms with E-state index >= 15 is 0 Å². The summed E-state index contributed by atoms with van der Waals surface area (Å²) in [6.07, 6.45) is 0. The van der Waals surface area contributed by atoms with E-state index < -0.39 is 11.2 Å². The predicted octanol–water partition coefficient (Wildman–Crippen LogP) is -0.257. The van der Waals surface area contributed by atoms with Gasteiger partial charge in [-0.3, -0.25) is 14.3 Å². The number of nitrogen functional groups attached to an aromatic ring is 1. The molecule has 66 valence electrons. The number of rotatable bonds is 1. The summed E-state index contributed by atoms with van der Waals surface area (Å²) in [7, 11) is 0. The normalized spacial score (nSPS) is 10.2. The van der Waals surface area contributed by atoms with E-state index in [9.17, 15) is 9.59 Å². The lowest BCUT2D eigenvalue weighted by molar-refractivity contribution is 0.701. The smallest absolute Gasteiger partial charge is 0.329 e. The molecule has 0 unspecified atom stereocenters. The molecule has 1 aromatic rings. The van der Waals surface area contributed by atoms with Crippen molar-refractivity contribution in [2.75, 3.05) is 5.73 Å². The molecule has 0 saturated heterocycles. The van der Waals surface area contributed by atoms with Crippen LogP contribution in [0, 0.1) is 3.57 Å². The average Bonchev–Trinajstić information content (AvgIpc) is 2.01. The summed E-state index contributed by atoms with van der Waals surface area (Å²) in [5.74, 6) is 0.229. The van der Waals surface area contributed by atoms with Crippen LogP contribution in [0.15, 0.2) is 9.59 Å². The number of aromatic amines is 1. The van der Waals surface area contributed by atoms with Gasteiger partial charge in [-0.25, -0.2) is 4.79 Å². The second-order valence-corrected chi connectivity index (χ2v) is 3.28. The van der Waals surface area contributed by atoms with Crippen LogP contribution in [0.5, 0.6) is 0 Å². The zero-order valence-corrected chi connectivity index (χ0v) is 8.58. The Morgan fingerprint density at radius 2 is 2.17 bits per heavy atom. The Kier molecular flexibility index (Phi) is 2.55. The highest BCUT2D eigenvalue weighted by molar-refractivity contribution is 14.1. The molecule has 1 aromatic heterocycles. The number of nitrogens with two attached hydrogens (primary N) is 1. The van der Waals surface area contributed by atoms with Crippen LogP contribution in [0.1, 0.15) is 6.92 Å². The molecule has 6 heteroatoms. The Balaban J connectivity index is 3.63. The van der Waals surface area contributed by atoms with Crippen molar-refractivity contribution in [1.29, 1.82) is 0 Å². The summed E-state index contributed by atoms with van der Waals surface area (Å²) in [6.45, 7) is 2.24. The molecule has 0 radical (unpaired) electrons. The van der Waals surface area contributed by atoms with Gasteiger partial charge in [0.2, 0.25) is 0 Å². The molecule has 0 aliphatic heterocycles. The molecule has 0 aromatic carbocycles. The summed E-state index contributed by atoms with van der Waals surface area (Å²) < 4.78 is 1.66. The first-order valence-electron chi connectivity index (χ1n) is 3.36. The standard InChI is InChI=1S/C6H8IN3O2/c1-2-10-4(8)3(7)5(11)9-6(10)12/h2,8H2,1H3,(H,9,11,12). The van der Waals surface area contributed by atoms with Gasteiger partial charge in [0, 0.05) is 6.54 Å². The molecule has 1 rings (SSSR count). The Hall–Kier alpha value is -0.790. The van der Waals surface area contributed by atoms with Gasteiger partial charge in [0.25, 0.3) is 5.56 Å². The van der Waals surface area contributed by atoms with E-state index in [1.54, 1.807) is 29.5 Å². The van der Waals surface area contributed by atoms with E-state index in [2.05, 4.69) is 4.98 Å². The minimum atomic E-state index is -0.458. The van der Waals surface area contributed by atoms with Crippen LogP contribution in [-0.4, -0.2) is 9.55 Å². The second-order valence-electron chi connectivity index (χ2n) is 2.20. The molecule has 0 saturated carbocycles. The molecule has 0 spiro atoms. The van der Waals surface area contributed by atoms with Crippen molar-refractivity contribution in [3.05, 3.63) is 24.4 Å². The van der Waals surface area contributed by atoms with Crippen LogP contribution in [0.2, 0.25) is 0 Å². The molecule has 0 amide bonds. The van der Waals surface area contributed by atoms with Gasteiger partial charge in [0.1, 0.15) is 9.39 Å². The minimum absolute atomic E-state index is 0.229. The summed E-state index contributed by atoms with van der Waals surface area (Å²) >= 11 is 1.81. The van der Waals surface area contributed by atoms with E-state index in [0.717, 1.165) is 0 Å². The van der Waals surface area contributed by atoms with Crippen molar-refractivity contribution in [3.63, 3.8) is 0 Å². The number of H-pyrrole nitrogens is 1. The highest BCUT2D eigenvalue weighted by Crippen LogP contribution is 2.05. The van der Waals surface area contributed by atoms with E-state index in [1.165, 1.54) is 4.57 Å². The number of halogens is 1. The quantitative estimate of drug-likeness (QED) is 0.696. The van der Waals surface area contributed by atoms with Crippen molar-refractivity contribution in [3.8, 4) is 0 Å². The maximum Gasteiger partial charge on any atom is 0.329 e. The van der Waals surface area contributed by atoms with Gasteiger partial charge in [-0.05, 0) is 29.5 Å². The second kappa shape index (κ2) is 3.30. The summed E-state index contributed by atoms with van der Waals surface area (Å²) in [5, 5.41) is 0. The maximum absolute atomic E-state index is 11.1. The van der Waals surface area contributed by atoms with E-state index in [0.29, 0.717) is 10.1 Å². The van der Waals surface area contributed by atoms with Gasteiger partial charge < -0.3 is 5.73 Å². The number of aromatic nitrogens is 2. The molecule has 0 bridgehead atoms. The highest BCUT2D eigenvalue weighted by atomic mass is 127. The van der Waals surface area contributed by atoms with Gasteiger partial charge >= 0.3 is 5.69 Å². The minimum Gasteiger partial charge on any atom is -0.384 e. The first kappa shape index (κ1) is 9.30. The largest absolute Gasteiger partial charge is 0.384 e. The molecule has 3 N–H and O–H groups in total. The van der Waals surface area contributed by atoms with E-state index in [4.69, 9.17) is 5.73 Å². The topological polar surface area (TPSA) is 80.9 Å². The Morgan fingerprint density at radius 3 is 2.67 bits per heavy atom. The van der Waals surface area contributed by atoms with Crippen molar-refractivity contribution < 1.29 is 0 Å². The van der Waals surface area contributed by atoms with Gasteiger partial charge in [-0.15, -0.1) is 0 Å². The molecular weight excluding hydrogens is 273 g/mol. The van der Waals surface area contributed by atoms with Crippen molar-refractivity contribution in [2.45, 2.75) is 13.5 Å². The Morgan fingerprint density at radius 1 is 1.58 bits per heavy atom. The fraction of sp³-hybridized carbons (Fsp3) is 0.333. The number of anilines is 1. The summed E-state index contributed by atoms with van der Waals surface area (Å²) in [5.41, 5.74) is 4.64. The zero-order chi connectivity index (χ0) is 9.30. The molecule has 0 atom stereocenters.